The topological polar surface area (TPSA) is 20.3 Å². The highest BCUT2D eigenvalue weighted by atomic mass is 19.4. The summed E-state index contributed by atoms with van der Waals surface area (Å²) in [6, 6.07) is 0.0450. The van der Waals surface area contributed by atoms with Gasteiger partial charge in [0, 0.05) is 12.6 Å². The molecule has 0 aromatic rings. The minimum Gasteiger partial charge on any atom is -0.339 e. The van der Waals surface area contributed by atoms with Crippen LogP contribution in [-0.4, -0.2) is 29.6 Å². The van der Waals surface area contributed by atoms with Crippen molar-refractivity contribution < 1.29 is 18.0 Å². The molecule has 104 valence electrons. The van der Waals surface area contributed by atoms with Crippen LogP contribution in [0.5, 0.6) is 0 Å². The van der Waals surface area contributed by atoms with Crippen molar-refractivity contribution in [3.8, 4) is 0 Å². The number of hydrogen-bond acceptors (Lipinski definition) is 1. The molecule has 2 aliphatic heterocycles. The molecule has 3 unspecified atom stereocenters. The average Bonchev–Trinajstić information content (AvgIpc) is 2.56. The van der Waals surface area contributed by atoms with Crippen molar-refractivity contribution in [1.29, 1.82) is 0 Å². The van der Waals surface area contributed by atoms with Crippen molar-refractivity contribution in [2.24, 2.45) is 11.8 Å². The maximum atomic E-state index is 12.3. The van der Waals surface area contributed by atoms with Gasteiger partial charge in [-0.1, -0.05) is 13.3 Å². The quantitative estimate of drug-likeness (QED) is 0.748. The smallest absolute Gasteiger partial charge is 0.339 e. The minimum absolute atomic E-state index is 0.0450. The van der Waals surface area contributed by atoms with Crippen molar-refractivity contribution in [2.75, 3.05) is 6.54 Å². The van der Waals surface area contributed by atoms with Crippen LogP contribution in [-0.2, 0) is 4.79 Å². The number of halogens is 3. The number of carbonyl (C=O) groups excluding carboxylic acids is 1. The Morgan fingerprint density at radius 3 is 2.61 bits per heavy atom. The Kier molecular flexibility index (Phi) is 3.87. The highest BCUT2D eigenvalue weighted by Crippen LogP contribution is 2.38. The number of hydrogen-bond donors (Lipinski definition) is 0. The second-order valence-electron chi connectivity index (χ2n) is 5.68. The molecule has 1 aliphatic carbocycles. The highest BCUT2D eigenvalue weighted by Gasteiger charge is 2.41. The molecule has 1 saturated carbocycles. The third-order valence-electron chi connectivity index (χ3n) is 4.33. The molecule has 2 nitrogen and oxygen atoms in total. The number of alkyl halides is 3. The lowest BCUT2D eigenvalue weighted by Crippen LogP contribution is -2.46. The summed E-state index contributed by atoms with van der Waals surface area (Å²) in [5, 5.41) is 0. The predicted octanol–water partition coefficient (Wildman–Crippen LogP) is 3.37. The van der Waals surface area contributed by atoms with Gasteiger partial charge in [0.15, 0.2) is 0 Å². The van der Waals surface area contributed by atoms with E-state index in [4.69, 9.17) is 0 Å². The molecule has 0 aromatic carbocycles. The number of piperidine rings is 1. The molecule has 18 heavy (non-hydrogen) atoms. The first-order valence-corrected chi connectivity index (χ1v) is 6.75. The number of amides is 1. The second kappa shape index (κ2) is 5.10. The maximum absolute atomic E-state index is 12.3. The molecule has 3 fully saturated rings. The molecule has 5 heteroatoms. The molecular weight excluding hydrogens is 243 g/mol. The average molecular weight is 263 g/mol. The molecule has 3 rings (SSSR count). The fraction of sp³-hybridized carbons (Fsp3) is 0.923. The lowest BCUT2D eigenvalue weighted by atomic mass is 9.92. The van der Waals surface area contributed by atoms with Crippen molar-refractivity contribution in [3.05, 3.63) is 0 Å². The third-order valence-corrected chi connectivity index (χ3v) is 4.33. The van der Waals surface area contributed by atoms with Gasteiger partial charge in [0.2, 0.25) is 5.91 Å². The summed E-state index contributed by atoms with van der Waals surface area (Å²) in [5.41, 5.74) is 0. The van der Waals surface area contributed by atoms with Gasteiger partial charge in [-0.25, -0.2) is 0 Å². The van der Waals surface area contributed by atoms with E-state index in [0.717, 1.165) is 32.1 Å². The Bertz CT molecular complexity index is 316. The zero-order valence-corrected chi connectivity index (χ0v) is 10.7. The molecule has 3 aliphatic rings. The van der Waals surface area contributed by atoms with Gasteiger partial charge >= 0.3 is 6.18 Å². The van der Waals surface area contributed by atoms with Gasteiger partial charge in [-0.15, -0.1) is 0 Å². The zero-order valence-electron chi connectivity index (χ0n) is 10.7. The van der Waals surface area contributed by atoms with Crippen LogP contribution in [0.2, 0.25) is 0 Å². The SMILES string of the molecule is CCC1CC2CCC(C1)N(C(=O)CC(F)(F)F)C2. The van der Waals surface area contributed by atoms with E-state index in [9.17, 15) is 18.0 Å². The lowest BCUT2D eigenvalue weighted by Gasteiger charge is -2.37. The van der Waals surface area contributed by atoms with E-state index in [0.29, 0.717) is 18.4 Å². The van der Waals surface area contributed by atoms with Crippen LogP contribution in [0.1, 0.15) is 45.4 Å². The monoisotopic (exact) mass is 263 g/mol. The summed E-state index contributed by atoms with van der Waals surface area (Å²) < 4.78 is 36.9. The fourth-order valence-corrected chi connectivity index (χ4v) is 3.40. The molecule has 0 aromatic heterocycles. The van der Waals surface area contributed by atoms with Crippen molar-refractivity contribution in [1.82, 2.24) is 4.90 Å². The largest absolute Gasteiger partial charge is 0.397 e. The zero-order chi connectivity index (χ0) is 13.3. The normalized spacial score (nSPS) is 32.4. The first kappa shape index (κ1) is 13.7. The van der Waals surface area contributed by atoms with Crippen LogP contribution in [0.4, 0.5) is 13.2 Å². The summed E-state index contributed by atoms with van der Waals surface area (Å²) in [6.45, 7) is 2.66. The minimum atomic E-state index is -4.38. The highest BCUT2D eigenvalue weighted by molar-refractivity contribution is 5.77. The molecule has 2 saturated heterocycles. The first-order chi connectivity index (χ1) is 8.39. The van der Waals surface area contributed by atoms with E-state index in [1.54, 1.807) is 0 Å². The summed E-state index contributed by atoms with van der Waals surface area (Å²) in [4.78, 5) is 13.3. The van der Waals surface area contributed by atoms with Crippen LogP contribution >= 0.6 is 0 Å². The van der Waals surface area contributed by atoms with Crippen LogP contribution in [0.25, 0.3) is 0 Å². The summed E-state index contributed by atoms with van der Waals surface area (Å²) in [6.07, 6.45) is -0.713. The standard InChI is InChI=1S/C13H20F3NO/c1-2-9-5-10-3-4-11(6-9)17(8-10)12(18)7-13(14,15)16/h9-11H,2-8H2,1H3. The van der Waals surface area contributed by atoms with E-state index < -0.39 is 18.5 Å². The molecule has 3 atom stereocenters. The number of rotatable bonds is 2. The Morgan fingerprint density at radius 2 is 2.00 bits per heavy atom. The fourth-order valence-electron chi connectivity index (χ4n) is 3.40. The van der Waals surface area contributed by atoms with Crippen LogP contribution in [0, 0.1) is 11.8 Å². The summed E-state index contributed by atoms with van der Waals surface area (Å²) in [5.74, 6) is 0.256. The van der Waals surface area contributed by atoms with Gasteiger partial charge in [-0.2, -0.15) is 13.2 Å². The number of fused-ring (bicyclic) bond motifs is 4. The molecule has 0 spiro atoms. The maximum Gasteiger partial charge on any atom is 0.397 e. The molecule has 1 amide bonds. The van der Waals surface area contributed by atoms with Gasteiger partial charge in [-0.05, 0) is 37.5 Å². The van der Waals surface area contributed by atoms with Gasteiger partial charge in [0.1, 0.15) is 6.42 Å². The molecule has 0 radical (unpaired) electrons. The van der Waals surface area contributed by atoms with Gasteiger partial charge < -0.3 is 4.90 Å². The Balaban J connectivity index is 2.04. The van der Waals surface area contributed by atoms with Crippen molar-refractivity contribution >= 4 is 5.91 Å². The second-order valence-corrected chi connectivity index (χ2v) is 5.68. The van der Waals surface area contributed by atoms with Crippen molar-refractivity contribution in [3.63, 3.8) is 0 Å². The first-order valence-electron chi connectivity index (χ1n) is 6.75. The number of carbonyl (C=O) groups is 1. The van der Waals surface area contributed by atoms with Crippen LogP contribution in [0.15, 0.2) is 0 Å². The van der Waals surface area contributed by atoms with E-state index in [-0.39, 0.29) is 6.04 Å². The van der Waals surface area contributed by atoms with Gasteiger partial charge in [0.05, 0.1) is 0 Å². The summed E-state index contributed by atoms with van der Waals surface area (Å²) >= 11 is 0. The van der Waals surface area contributed by atoms with E-state index in [2.05, 4.69) is 6.92 Å². The molecule has 0 N–H and O–H groups in total. The number of nitrogens with zero attached hydrogens (tertiary/aromatic N) is 1. The molecule has 2 heterocycles. The predicted molar refractivity (Wildman–Crippen MR) is 61.9 cm³/mol. The molecular formula is C13H20F3NO. The molecule has 2 bridgehead atoms. The summed E-state index contributed by atoms with van der Waals surface area (Å²) in [7, 11) is 0. The van der Waals surface area contributed by atoms with E-state index >= 15 is 0 Å². The third kappa shape index (κ3) is 3.18. The Morgan fingerprint density at radius 1 is 1.28 bits per heavy atom. The van der Waals surface area contributed by atoms with Crippen molar-refractivity contribution in [2.45, 2.75) is 57.7 Å². The van der Waals surface area contributed by atoms with Crippen LogP contribution in [0.3, 0.4) is 0 Å². The van der Waals surface area contributed by atoms with Gasteiger partial charge in [-0.3, -0.25) is 4.79 Å². The van der Waals surface area contributed by atoms with Crippen LogP contribution < -0.4 is 0 Å². The van der Waals surface area contributed by atoms with E-state index in [1.807, 2.05) is 0 Å². The Hall–Kier alpha value is -0.740. The van der Waals surface area contributed by atoms with Gasteiger partial charge in [0.25, 0.3) is 0 Å². The van der Waals surface area contributed by atoms with E-state index in [1.165, 1.54) is 4.90 Å². The Labute approximate surface area is 106 Å². The lowest BCUT2D eigenvalue weighted by molar-refractivity contribution is -0.164.